The zero-order valence-electron chi connectivity index (χ0n) is 13.8. The summed E-state index contributed by atoms with van der Waals surface area (Å²) in [4.78, 5) is 15.5. The number of benzene rings is 1. The van der Waals surface area contributed by atoms with Gasteiger partial charge >= 0.3 is 5.97 Å². The fourth-order valence-electron chi connectivity index (χ4n) is 3.09. The molecule has 1 aromatic carbocycles. The fourth-order valence-corrected chi connectivity index (χ4v) is 3.09. The van der Waals surface area contributed by atoms with Gasteiger partial charge in [0, 0.05) is 37.2 Å². The molecule has 25 heavy (non-hydrogen) atoms. The summed E-state index contributed by atoms with van der Waals surface area (Å²) in [7, 11) is 1.89. The quantitative estimate of drug-likeness (QED) is 0.793. The Morgan fingerprint density at radius 3 is 2.76 bits per heavy atom. The van der Waals surface area contributed by atoms with Crippen LogP contribution in [0.5, 0.6) is 5.75 Å². The zero-order valence-corrected chi connectivity index (χ0v) is 13.8. The highest BCUT2D eigenvalue weighted by Gasteiger charge is 2.21. The van der Waals surface area contributed by atoms with Crippen LogP contribution < -0.4 is 4.74 Å². The Kier molecular flexibility index (Phi) is 3.72. The standard InChI is InChI=1S/C19H17N3O3/c1-22-11-15(10-20-22)13-4-2-12(3-5-13)8-14-9-17(19(23)24)21-16-6-7-25-18(14)16/h2-5,9-11H,6-8H2,1H3,(H,23,24). The molecule has 3 heterocycles. The van der Waals surface area contributed by atoms with Crippen LogP contribution in [0, 0.1) is 0 Å². The van der Waals surface area contributed by atoms with E-state index in [0.29, 0.717) is 19.4 Å². The van der Waals surface area contributed by atoms with Gasteiger partial charge in [-0.1, -0.05) is 24.3 Å². The van der Waals surface area contributed by atoms with Crippen LogP contribution in [0.4, 0.5) is 0 Å². The third-order valence-corrected chi connectivity index (χ3v) is 4.31. The number of aryl methyl sites for hydroxylation is 1. The second-order valence-electron chi connectivity index (χ2n) is 6.12. The van der Waals surface area contributed by atoms with E-state index in [-0.39, 0.29) is 5.69 Å². The van der Waals surface area contributed by atoms with Crippen LogP contribution in [0.2, 0.25) is 0 Å². The monoisotopic (exact) mass is 335 g/mol. The minimum Gasteiger partial charge on any atom is -0.491 e. The lowest BCUT2D eigenvalue weighted by Gasteiger charge is -2.09. The summed E-state index contributed by atoms with van der Waals surface area (Å²) in [5.74, 6) is -0.274. The number of nitrogens with zero attached hydrogens (tertiary/aromatic N) is 3. The molecule has 0 aliphatic carbocycles. The summed E-state index contributed by atoms with van der Waals surface area (Å²) in [5, 5.41) is 13.4. The summed E-state index contributed by atoms with van der Waals surface area (Å²) < 4.78 is 7.44. The first-order valence-corrected chi connectivity index (χ1v) is 8.07. The predicted octanol–water partition coefficient (Wildman–Crippen LogP) is 2.71. The van der Waals surface area contributed by atoms with Crippen LogP contribution in [0.3, 0.4) is 0 Å². The van der Waals surface area contributed by atoms with Crippen molar-refractivity contribution in [3.8, 4) is 16.9 Å². The van der Waals surface area contributed by atoms with Crippen LogP contribution in [0.15, 0.2) is 42.7 Å². The Labute approximate surface area is 144 Å². The van der Waals surface area contributed by atoms with E-state index in [9.17, 15) is 9.90 Å². The number of ether oxygens (including phenoxy) is 1. The van der Waals surface area contributed by atoms with E-state index >= 15 is 0 Å². The van der Waals surface area contributed by atoms with Crippen LogP contribution >= 0.6 is 0 Å². The second kappa shape index (κ2) is 6.05. The molecule has 0 fully saturated rings. The molecule has 1 N–H and O–H groups in total. The summed E-state index contributed by atoms with van der Waals surface area (Å²) in [5.41, 5.74) is 4.93. The number of fused-ring (bicyclic) bond motifs is 1. The van der Waals surface area contributed by atoms with Gasteiger partial charge in [-0.15, -0.1) is 0 Å². The number of carboxylic acid groups (broad SMARTS) is 1. The van der Waals surface area contributed by atoms with Crippen molar-refractivity contribution in [2.75, 3.05) is 6.61 Å². The lowest BCUT2D eigenvalue weighted by atomic mass is 10.0. The fraction of sp³-hybridized carbons (Fsp3) is 0.211. The summed E-state index contributed by atoms with van der Waals surface area (Å²) in [6, 6.07) is 9.80. The minimum absolute atomic E-state index is 0.0752. The van der Waals surface area contributed by atoms with Gasteiger partial charge < -0.3 is 9.84 Å². The van der Waals surface area contributed by atoms with E-state index < -0.39 is 5.97 Å². The van der Waals surface area contributed by atoms with Crippen LogP contribution in [-0.4, -0.2) is 32.4 Å². The average Bonchev–Trinajstić information content (AvgIpc) is 3.24. The van der Waals surface area contributed by atoms with Crippen molar-refractivity contribution in [1.29, 1.82) is 0 Å². The van der Waals surface area contributed by atoms with E-state index in [4.69, 9.17) is 4.74 Å². The molecule has 4 rings (SSSR count). The number of rotatable bonds is 4. The Morgan fingerprint density at radius 2 is 2.08 bits per heavy atom. The summed E-state index contributed by atoms with van der Waals surface area (Å²) in [6.07, 6.45) is 5.07. The maximum Gasteiger partial charge on any atom is 0.354 e. The number of hydrogen-bond donors (Lipinski definition) is 1. The van der Waals surface area contributed by atoms with Gasteiger partial charge in [0.1, 0.15) is 11.4 Å². The SMILES string of the molecule is Cn1cc(-c2ccc(Cc3cc(C(=O)O)nc4c3OCC4)cc2)cn1. The first-order valence-electron chi connectivity index (χ1n) is 8.07. The first-order chi connectivity index (χ1) is 12.1. The molecule has 0 radical (unpaired) electrons. The van der Waals surface area contributed by atoms with Crippen LogP contribution in [0.1, 0.15) is 27.3 Å². The molecular formula is C19H17N3O3. The van der Waals surface area contributed by atoms with Crippen molar-refractivity contribution in [2.24, 2.45) is 7.05 Å². The molecule has 126 valence electrons. The number of aromatic nitrogens is 3. The number of carbonyl (C=O) groups is 1. The number of aromatic carboxylic acids is 1. The molecule has 1 aliphatic heterocycles. The molecule has 0 atom stereocenters. The van der Waals surface area contributed by atoms with E-state index in [1.807, 2.05) is 43.7 Å². The third kappa shape index (κ3) is 2.98. The van der Waals surface area contributed by atoms with Crippen molar-refractivity contribution in [3.05, 3.63) is 65.2 Å². The van der Waals surface area contributed by atoms with Crippen molar-refractivity contribution < 1.29 is 14.6 Å². The molecule has 0 amide bonds. The van der Waals surface area contributed by atoms with Gasteiger partial charge in [-0.2, -0.15) is 5.10 Å². The van der Waals surface area contributed by atoms with Crippen molar-refractivity contribution >= 4 is 5.97 Å². The maximum atomic E-state index is 11.3. The van der Waals surface area contributed by atoms with Crippen molar-refractivity contribution in [1.82, 2.24) is 14.8 Å². The normalized spacial score (nSPS) is 12.7. The highest BCUT2D eigenvalue weighted by molar-refractivity contribution is 5.86. The summed E-state index contributed by atoms with van der Waals surface area (Å²) in [6.45, 7) is 0.554. The van der Waals surface area contributed by atoms with Crippen LogP contribution in [0.25, 0.3) is 11.1 Å². The molecule has 3 aromatic rings. The second-order valence-corrected chi connectivity index (χ2v) is 6.12. The Bertz CT molecular complexity index is 945. The largest absolute Gasteiger partial charge is 0.491 e. The van der Waals surface area contributed by atoms with Crippen molar-refractivity contribution in [3.63, 3.8) is 0 Å². The zero-order chi connectivity index (χ0) is 17.4. The number of pyridine rings is 1. The predicted molar refractivity (Wildman–Crippen MR) is 91.8 cm³/mol. The average molecular weight is 335 g/mol. The Balaban J connectivity index is 1.63. The molecular weight excluding hydrogens is 318 g/mol. The van der Waals surface area contributed by atoms with Gasteiger partial charge in [0.2, 0.25) is 0 Å². The molecule has 0 saturated carbocycles. The van der Waals surface area contributed by atoms with E-state index in [2.05, 4.69) is 10.1 Å². The smallest absolute Gasteiger partial charge is 0.354 e. The van der Waals surface area contributed by atoms with E-state index in [0.717, 1.165) is 33.7 Å². The summed E-state index contributed by atoms with van der Waals surface area (Å²) >= 11 is 0. The van der Waals surface area contributed by atoms with Gasteiger partial charge in [0.25, 0.3) is 0 Å². The highest BCUT2D eigenvalue weighted by atomic mass is 16.5. The van der Waals surface area contributed by atoms with Gasteiger partial charge in [0.05, 0.1) is 18.5 Å². The third-order valence-electron chi connectivity index (χ3n) is 4.31. The van der Waals surface area contributed by atoms with Crippen LogP contribution in [-0.2, 0) is 19.9 Å². The molecule has 0 spiro atoms. The van der Waals surface area contributed by atoms with Gasteiger partial charge in [0.15, 0.2) is 0 Å². The molecule has 2 aromatic heterocycles. The molecule has 6 nitrogen and oxygen atoms in total. The lowest BCUT2D eigenvalue weighted by Crippen LogP contribution is -2.04. The molecule has 0 unspecified atom stereocenters. The Morgan fingerprint density at radius 1 is 1.28 bits per heavy atom. The molecule has 0 bridgehead atoms. The molecule has 1 aliphatic rings. The van der Waals surface area contributed by atoms with E-state index in [1.165, 1.54) is 0 Å². The minimum atomic E-state index is -1.01. The maximum absolute atomic E-state index is 11.3. The number of hydrogen-bond acceptors (Lipinski definition) is 4. The van der Waals surface area contributed by atoms with Crippen molar-refractivity contribution in [2.45, 2.75) is 12.8 Å². The lowest BCUT2D eigenvalue weighted by molar-refractivity contribution is 0.0690. The number of carboxylic acids is 1. The van der Waals surface area contributed by atoms with Gasteiger partial charge in [-0.05, 0) is 17.2 Å². The molecule has 0 saturated heterocycles. The topological polar surface area (TPSA) is 77.2 Å². The first kappa shape index (κ1) is 15.4. The van der Waals surface area contributed by atoms with E-state index in [1.54, 1.807) is 10.7 Å². The molecule has 6 heteroatoms. The van der Waals surface area contributed by atoms with Gasteiger partial charge in [-0.25, -0.2) is 9.78 Å². The van der Waals surface area contributed by atoms with Gasteiger partial charge in [-0.3, -0.25) is 4.68 Å². The Hall–Kier alpha value is -3.15. The highest BCUT2D eigenvalue weighted by Crippen LogP contribution is 2.31.